The second-order valence-corrected chi connectivity index (χ2v) is 7.55. The number of anilines is 1. The summed E-state index contributed by atoms with van der Waals surface area (Å²) in [5.41, 5.74) is 1.98. The third-order valence-corrected chi connectivity index (χ3v) is 4.98. The molecule has 0 radical (unpaired) electrons. The Labute approximate surface area is 126 Å². The van der Waals surface area contributed by atoms with Gasteiger partial charge in [-0.1, -0.05) is 0 Å². The molecule has 1 saturated heterocycles. The maximum absolute atomic E-state index is 11.6. The summed E-state index contributed by atoms with van der Waals surface area (Å²) in [6.07, 6.45) is 7.60. The van der Waals surface area contributed by atoms with Crippen LogP contribution in [0.3, 0.4) is 0 Å². The minimum Gasteiger partial charge on any atom is -0.395 e. The van der Waals surface area contributed by atoms with Crippen molar-refractivity contribution in [2.24, 2.45) is 5.92 Å². The number of sulfonamides is 1. The minimum absolute atomic E-state index is 0.0795. The quantitative estimate of drug-likeness (QED) is 0.808. The molecule has 0 saturated carbocycles. The molecule has 1 aromatic heterocycles. The van der Waals surface area contributed by atoms with Crippen LogP contribution in [0.5, 0.6) is 0 Å². The molecular weight excluding hydrogens is 290 g/mol. The summed E-state index contributed by atoms with van der Waals surface area (Å²) < 4.78 is 24.8. The lowest BCUT2D eigenvalue weighted by atomic mass is 9.93. The number of piperidine rings is 1. The number of hydrogen-bond donors (Lipinski definition) is 2. The van der Waals surface area contributed by atoms with Crippen molar-refractivity contribution in [2.75, 3.05) is 37.8 Å². The molecule has 2 rings (SSSR count). The van der Waals surface area contributed by atoms with Crippen LogP contribution in [0.15, 0.2) is 18.5 Å². The van der Waals surface area contributed by atoms with Gasteiger partial charge in [0.1, 0.15) is 0 Å². The van der Waals surface area contributed by atoms with Gasteiger partial charge in [0.05, 0.1) is 18.6 Å². The van der Waals surface area contributed by atoms with E-state index in [1.165, 1.54) is 6.26 Å². The van der Waals surface area contributed by atoms with Crippen molar-refractivity contribution in [2.45, 2.75) is 19.3 Å². The molecule has 6 nitrogen and oxygen atoms in total. The van der Waals surface area contributed by atoms with Gasteiger partial charge in [-0.15, -0.1) is 0 Å². The standard InChI is InChI=1S/C14H23N3O3S/c1-21(19,20)17-5-2-3-12(11-17)7-13-8-14(10-15-9-13)16-4-6-18/h8-10,12,16,18H,2-7,11H2,1H3/t12-/m1/s1. The molecule has 1 aliphatic rings. The van der Waals surface area contributed by atoms with Gasteiger partial charge in [0.25, 0.3) is 0 Å². The van der Waals surface area contributed by atoms with Gasteiger partial charge in [-0.25, -0.2) is 12.7 Å². The van der Waals surface area contributed by atoms with Crippen LogP contribution in [-0.2, 0) is 16.4 Å². The van der Waals surface area contributed by atoms with Crippen LogP contribution < -0.4 is 5.32 Å². The number of aliphatic hydroxyl groups excluding tert-OH is 1. The second kappa shape index (κ2) is 7.20. The first kappa shape index (κ1) is 16.2. The first-order chi connectivity index (χ1) is 9.99. The first-order valence-electron chi connectivity index (χ1n) is 7.23. The van der Waals surface area contributed by atoms with Crippen molar-refractivity contribution in [3.8, 4) is 0 Å². The summed E-state index contributed by atoms with van der Waals surface area (Å²) in [5.74, 6) is 0.336. The molecule has 0 aliphatic carbocycles. The number of aromatic nitrogens is 1. The van der Waals surface area contributed by atoms with Crippen molar-refractivity contribution >= 4 is 15.7 Å². The summed E-state index contributed by atoms with van der Waals surface area (Å²) in [4.78, 5) is 4.19. The van der Waals surface area contributed by atoms with E-state index >= 15 is 0 Å². The van der Waals surface area contributed by atoms with Crippen LogP contribution in [0.1, 0.15) is 18.4 Å². The highest BCUT2D eigenvalue weighted by Gasteiger charge is 2.25. The van der Waals surface area contributed by atoms with E-state index < -0.39 is 10.0 Å². The Kier molecular flexibility index (Phi) is 5.55. The fourth-order valence-electron chi connectivity index (χ4n) is 2.72. The second-order valence-electron chi connectivity index (χ2n) is 5.57. The van der Waals surface area contributed by atoms with E-state index in [1.807, 2.05) is 12.3 Å². The number of rotatable bonds is 6. The predicted molar refractivity (Wildman–Crippen MR) is 82.7 cm³/mol. The maximum Gasteiger partial charge on any atom is 0.211 e. The molecule has 1 atom stereocenters. The molecule has 1 fully saturated rings. The van der Waals surface area contributed by atoms with Gasteiger partial charge in [0.15, 0.2) is 0 Å². The van der Waals surface area contributed by atoms with Crippen molar-refractivity contribution in [3.63, 3.8) is 0 Å². The van der Waals surface area contributed by atoms with Gasteiger partial charge in [0, 0.05) is 32.0 Å². The molecule has 118 valence electrons. The van der Waals surface area contributed by atoms with Crippen LogP contribution in [-0.4, -0.2) is 55.3 Å². The molecular formula is C14H23N3O3S. The summed E-state index contributed by atoms with van der Waals surface area (Å²) >= 11 is 0. The third kappa shape index (κ3) is 4.94. The third-order valence-electron chi connectivity index (χ3n) is 3.71. The zero-order chi connectivity index (χ0) is 15.3. The Bertz CT molecular complexity index is 562. The fourth-order valence-corrected chi connectivity index (χ4v) is 3.67. The van der Waals surface area contributed by atoms with Crippen molar-refractivity contribution in [3.05, 3.63) is 24.0 Å². The monoisotopic (exact) mass is 313 g/mol. The van der Waals surface area contributed by atoms with Crippen LogP contribution in [0, 0.1) is 5.92 Å². The highest BCUT2D eigenvalue weighted by Crippen LogP contribution is 2.23. The van der Waals surface area contributed by atoms with Gasteiger partial charge in [-0.3, -0.25) is 4.98 Å². The zero-order valence-corrected chi connectivity index (χ0v) is 13.1. The number of aliphatic hydroxyl groups is 1. The molecule has 0 amide bonds. The van der Waals surface area contributed by atoms with E-state index in [0.717, 1.165) is 30.5 Å². The zero-order valence-electron chi connectivity index (χ0n) is 12.3. The molecule has 0 bridgehead atoms. The lowest BCUT2D eigenvalue weighted by Gasteiger charge is -2.31. The lowest BCUT2D eigenvalue weighted by molar-refractivity contribution is 0.266. The molecule has 0 spiro atoms. The SMILES string of the molecule is CS(=O)(=O)N1CCC[C@H](Cc2cncc(NCCO)c2)C1. The van der Waals surface area contributed by atoms with Crippen molar-refractivity contribution in [1.29, 1.82) is 0 Å². The Morgan fingerprint density at radius 1 is 1.48 bits per heavy atom. The number of hydrogen-bond acceptors (Lipinski definition) is 5. The molecule has 21 heavy (non-hydrogen) atoms. The Hall–Kier alpha value is -1.18. The average Bonchev–Trinajstić information content (AvgIpc) is 2.45. The Morgan fingerprint density at radius 3 is 3.00 bits per heavy atom. The van der Waals surface area contributed by atoms with Gasteiger partial charge >= 0.3 is 0 Å². The van der Waals surface area contributed by atoms with Gasteiger partial charge in [-0.2, -0.15) is 0 Å². The average molecular weight is 313 g/mol. The predicted octanol–water partition coefficient (Wildman–Crippen LogP) is 0.700. The Morgan fingerprint density at radius 2 is 2.29 bits per heavy atom. The fraction of sp³-hybridized carbons (Fsp3) is 0.643. The summed E-state index contributed by atoms with van der Waals surface area (Å²) in [7, 11) is -3.09. The minimum atomic E-state index is -3.09. The topological polar surface area (TPSA) is 82.5 Å². The van der Waals surface area contributed by atoms with Crippen molar-refractivity contribution in [1.82, 2.24) is 9.29 Å². The molecule has 1 aromatic rings. The van der Waals surface area contributed by atoms with Crippen LogP contribution >= 0.6 is 0 Å². The van der Waals surface area contributed by atoms with Crippen LogP contribution in [0.25, 0.3) is 0 Å². The van der Waals surface area contributed by atoms with E-state index in [9.17, 15) is 8.42 Å². The van der Waals surface area contributed by atoms with Crippen molar-refractivity contribution < 1.29 is 13.5 Å². The molecule has 2 heterocycles. The molecule has 7 heteroatoms. The normalized spacial score (nSPS) is 20.4. The van der Waals surface area contributed by atoms with E-state index in [0.29, 0.717) is 25.6 Å². The summed E-state index contributed by atoms with van der Waals surface area (Å²) in [6.45, 7) is 1.80. The largest absolute Gasteiger partial charge is 0.395 e. The first-order valence-corrected chi connectivity index (χ1v) is 9.07. The van der Waals surface area contributed by atoms with Gasteiger partial charge in [0.2, 0.25) is 10.0 Å². The number of nitrogens with zero attached hydrogens (tertiary/aromatic N) is 2. The van der Waals surface area contributed by atoms with Crippen LogP contribution in [0.4, 0.5) is 5.69 Å². The smallest absolute Gasteiger partial charge is 0.211 e. The number of pyridine rings is 1. The summed E-state index contributed by atoms with van der Waals surface area (Å²) in [6, 6.07) is 2.02. The highest BCUT2D eigenvalue weighted by molar-refractivity contribution is 7.88. The molecule has 1 aliphatic heterocycles. The Balaban J connectivity index is 1.97. The van der Waals surface area contributed by atoms with E-state index in [4.69, 9.17) is 5.11 Å². The van der Waals surface area contributed by atoms with E-state index in [-0.39, 0.29) is 6.61 Å². The van der Waals surface area contributed by atoms with E-state index in [1.54, 1.807) is 10.5 Å². The van der Waals surface area contributed by atoms with Gasteiger partial charge in [-0.05, 0) is 36.8 Å². The van der Waals surface area contributed by atoms with E-state index in [2.05, 4.69) is 10.3 Å². The molecule has 0 unspecified atom stereocenters. The summed E-state index contributed by atoms with van der Waals surface area (Å²) in [5, 5.41) is 11.9. The number of nitrogens with one attached hydrogen (secondary N) is 1. The lowest BCUT2D eigenvalue weighted by Crippen LogP contribution is -2.39. The van der Waals surface area contributed by atoms with Crippen LogP contribution in [0.2, 0.25) is 0 Å². The maximum atomic E-state index is 11.6. The molecule has 0 aromatic carbocycles. The van der Waals surface area contributed by atoms with Gasteiger partial charge < -0.3 is 10.4 Å². The highest BCUT2D eigenvalue weighted by atomic mass is 32.2. The molecule has 2 N–H and O–H groups in total.